The fourth-order valence-corrected chi connectivity index (χ4v) is 1.02. The average Bonchev–Trinajstić information content (AvgIpc) is 2.25. The first-order valence-electron chi connectivity index (χ1n) is 5.67. The topological polar surface area (TPSA) is 81.6 Å². The molecule has 0 bridgehead atoms. The van der Waals surface area contributed by atoms with Gasteiger partial charge >= 0.3 is 0 Å². The Morgan fingerprint density at radius 1 is 1.31 bits per heavy atom. The SMILES string of the molecule is CC(C)CCNC(=O)CNC(C)(CO)CO. The van der Waals surface area contributed by atoms with Crippen molar-refractivity contribution in [3.05, 3.63) is 0 Å². The van der Waals surface area contributed by atoms with Crippen LogP contribution in [0.1, 0.15) is 27.2 Å². The fourth-order valence-electron chi connectivity index (χ4n) is 1.02. The second kappa shape index (κ2) is 7.60. The van der Waals surface area contributed by atoms with Gasteiger partial charge in [-0.05, 0) is 19.3 Å². The summed E-state index contributed by atoms with van der Waals surface area (Å²) in [6.07, 6.45) is 0.947. The van der Waals surface area contributed by atoms with E-state index in [-0.39, 0.29) is 25.7 Å². The Hall–Kier alpha value is -0.650. The van der Waals surface area contributed by atoms with Crippen LogP contribution in [-0.2, 0) is 4.79 Å². The first-order chi connectivity index (χ1) is 7.43. The molecule has 0 aliphatic rings. The second-order valence-corrected chi connectivity index (χ2v) is 4.76. The highest BCUT2D eigenvalue weighted by Crippen LogP contribution is 1.99. The molecular weight excluding hydrogens is 208 g/mol. The van der Waals surface area contributed by atoms with E-state index in [1.165, 1.54) is 0 Å². The van der Waals surface area contributed by atoms with Crippen LogP contribution in [0.2, 0.25) is 0 Å². The summed E-state index contributed by atoms with van der Waals surface area (Å²) in [7, 11) is 0. The van der Waals surface area contributed by atoms with Crippen LogP contribution < -0.4 is 10.6 Å². The molecule has 1 amide bonds. The third-order valence-electron chi connectivity index (χ3n) is 2.42. The van der Waals surface area contributed by atoms with Crippen molar-refractivity contribution in [1.29, 1.82) is 0 Å². The molecule has 0 aromatic rings. The molecule has 0 unspecified atom stereocenters. The highest BCUT2D eigenvalue weighted by atomic mass is 16.3. The van der Waals surface area contributed by atoms with E-state index in [4.69, 9.17) is 10.2 Å². The molecule has 0 spiro atoms. The second-order valence-electron chi connectivity index (χ2n) is 4.76. The molecule has 0 aliphatic heterocycles. The third kappa shape index (κ3) is 6.76. The Bertz CT molecular complexity index is 203. The van der Waals surface area contributed by atoms with Gasteiger partial charge in [0.15, 0.2) is 0 Å². The van der Waals surface area contributed by atoms with Crippen molar-refractivity contribution in [3.63, 3.8) is 0 Å². The fraction of sp³-hybridized carbons (Fsp3) is 0.909. The third-order valence-corrected chi connectivity index (χ3v) is 2.42. The van der Waals surface area contributed by atoms with Crippen LogP contribution in [0.5, 0.6) is 0 Å². The Kier molecular flexibility index (Phi) is 7.29. The molecule has 0 saturated heterocycles. The zero-order valence-corrected chi connectivity index (χ0v) is 10.4. The number of hydrogen-bond acceptors (Lipinski definition) is 4. The summed E-state index contributed by atoms with van der Waals surface area (Å²) in [6, 6.07) is 0. The minimum absolute atomic E-state index is 0.107. The van der Waals surface area contributed by atoms with Crippen LogP contribution in [0.3, 0.4) is 0 Å². The van der Waals surface area contributed by atoms with Crippen molar-refractivity contribution in [2.45, 2.75) is 32.7 Å². The molecule has 0 rings (SSSR count). The molecule has 0 saturated carbocycles. The predicted octanol–water partition coefficient (Wildman–Crippen LogP) is -0.518. The van der Waals surface area contributed by atoms with Crippen molar-refractivity contribution < 1.29 is 15.0 Å². The molecule has 0 aliphatic carbocycles. The molecule has 0 heterocycles. The van der Waals surface area contributed by atoms with E-state index in [0.717, 1.165) is 6.42 Å². The molecule has 0 aromatic carbocycles. The van der Waals surface area contributed by atoms with Crippen molar-refractivity contribution in [1.82, 2.24) is 10.6 Å². The lowest BCUT2D eigenvalue weighted by atomic mass is 10.1. The van der Waals surface area contributed by atoms with Crippen molar-refractivity contribution in [2.75, 3.05) is 26.3 Å². The van der Waals surface area contributed by atoms with E-state index < -0.39 is 5.54 Å². The maximum Gasteiger partial charge on any atom is 0.233 e. The van der Waals surface area contributed by atoms with Gasteiger partial charge in [0.2, 0.25) is 5.91 Å². The molecule has 0 atom stereocenters. The van der Waals surface area contributed by atoms with Crippen LogP contribution in [0, 0.1) is 5.92 Å². The lowest BCUT2D eigenvalue weighted by Gasteiger charge is -2.25. The molecule has 4 N–H and O–H groups in total. The summed E-state index contributed by atoms with van der Waals surface area (Å²) in [5.74, 6) is 0.446. The van der Waals surface area contributed by atoms with Crippen LogP contribution in [0.15, 0.2) is 0 Å². The molecule has 0 fully saturated rings. The maximum atomic E-state index is 11.4. The van der Waals surface area contributed by atoms with Gasteiger partial charge in [0.1, 0.15) is 0 Å². The number of aliphatic hydroxyl groups is 2. The van der Waals surface area contributed by atoms with E-state index in [1.807, 2.05) is 0 Å². The number of aliphatic hydroxyl groups excluding tert-OH is 2. The lowest BCUT2D eigenvalue weighted by molar-refractivity contribution is -0.120. The van der Waals surface area contributed by atoms with Gasteiger partial charge < -0.3 is 15.5 Å². The van der Waals surface area contributed by atoms with Gasteiger partial charge in [-0.1, -0.05) is 13.8 Å². The number of amides is 1. The number of hydrogen-bond donors (Lipinski definition) is 4. The summed E-state index contributed by atoms with van der Waals surface area (Å²) in [5.41, 5.74) is -0.796. The van der Waals surface area contributed by atoms with Crippen molar-refractivity contribution >= 4 is 5.91 Å². The van der Waals surface area contributed by atoms with Crippen LogP contribution in [-0.4, -0.2) is 48.0 Å². The number of nitrogens with one attached hydrogen (secondary N) is 2. The largest absolute Gasteiger partial charge is 0.394 e. The van der Waals surface area contributed by atoms with Gasteiger partial charge in [-0.15, -0.1) is 0 Å². The summed E-state index contributed by atoms with van der Waals surface area (Å²) in [5, 5.41) is 23.6. The van der Waals surface area contributed by atoms with Crippen molar-refractivity contribution in [3.8, 4) is 0 Å². The lowest BCUT2D eigenvalue weighted by Crippen LogP contribution is -2.52. The predicted molar refractivity (Wildman–Crippen MR) is 63.0 cm³/mol. The monoisotopic (exact) mass is 232 g/mol. The normalized spacial score (nSPS) is 11.9. The zero-order valence-electron chi connectivity index (χ0n) is 10.4. The molecular formula is C11H24N2O3. The average molecular weight is 232 g/mol. The Morgan fingerprint density at radius 2 is 1.88 bits per heavy atom. The standard InChI is InChI=1S/C11H24N2O3/c1-9(2)4-5-12-10(16)6-13-11(3,7-14)8-15/h9,13-15H,4-8H2,1-3H3,(H,12,16). The quantitative estimate of drug-likeness (QED) is 0.454. The molecule has 0 aromatic heterocycles. The van der Waals surface area contributed by atoms with Crippen LogP contribution >= 0.6 is 0 Å². The first-order valence-corrected chi connectivity index (χ1v) is 5.67. The minimum atomic E-state index is -0.796. The number of carbonyl (C=O) groups excluding carboxylic acids is 1. The van der Waals surface area contributed by atoms with Gasteiger partial charge in [-0.25, -0.2) is 0 Å². The number of carbonyl (C=O) groups is 1. The van der Waals surface area contributed by atoms with E-state index in [9.17, 15) is 4.79 Å². The summed E-state index contributed by atoms with van der Waals surface area (Å²) in [6.45, 7) is 6.21. The van der Waals surface area contributed by atoms with Crippen molar-refractivity contribution in [2.24, 2.45) is 5.92 Å². The summed E-state index contributed by atoms with van der Waals surface area (Å²) < 4.78 is 0. The maximum absolute atomic E-state index is 11.4. The van der Waals surface area contributed by atoms with Gasteiger partial charge in [0.05, 0.1) is 25.3 Å². The Balaban J connectivity index is 3.72. The van der Waals surface area contributed by atoms with Gasteiger partial charge in [-0.3, -0.25) is 10.1 Å². The first kappa shape index (κ1) is 15.3. The molecule has 5 nitrogen and oxygen atoms in total. The highest BCUT2D eigenvalue weighted by Gasteiger charge is 2.22. The zero-order chi connectivity index (χ0) is 12.6. The summed E-state index contributed by atoms with van der Waals surface area (Å²) >= 11 is 0. The molecule has 16 heavy (non-hydrogen) atoms. The molecule has 0 radical (unpaired) electrons. The smallest absolute Gasteiger partial charge is 0.233 e. The van der Waals surface area contributed by atoms with Gasteiger partial charge in [-0.2, -0.15) is 0 Å². The number of rotatable bonds is 8. The molecule has 5 heteroatoms. The van der Waals surface area contributed by atoms with E-state index in [0.29, 0.717) is 12.5 Å². The highest BCUT2D eigenvalue weighted by molar-refractivity contribution is 5.78. The Labute approximate surface area is 97.2 Å². The van der Waals surface area contributed by atoms with Gasteiger partial charge in [0, 0.05) is 6.54 Å². The minimum Gasteiger partial charge on any atom is -0.394 e. The molecule has 96 valence electrons. The van der Waals surface area contributed by atoms with E-state index in [2.05, 4.69) is 24.5 Å². The van der Waals surface area contributed by atoms with E-state index in [1.54, 1.807) is 6.92 Å². The Morgan fingerprint density at radius 3 is 2.31 bits per heavy atom. The van der Waals surface area contributed by atoms with Crippen LogP contribution in [0.25, 0.3) is 0 Å². The summed E-state index contributed by atoms with van der Waals surface area (Å²) in [4.78, 5) is 11.4. The van der Waals surface area contributed by atoms with Gasteiger partial charge in [0.25, 0.3) is 0 Å². The van der Waals surface area contributed by atoms with Crippen LogP contribution in [0.4, 0.5) is 0 Å². The van der Waals surface area contributed by atoms with E-state index >= 15 is 0 Å².